The predicted octanol–water partition coefficient (Wildman–Crippen LogP) is 4.69. The van der Waals surface area contributed by atoms with Gasteiger partial charge in [-0.3, -0.25) is 0 Å². The molecule has 0 saturated heterocycles. The molecule has 85 valence electrons. The van der Waals surface area contributed by atoms with Gasteiger partial charge in [0.1, 0.15) is 7.28 Å². The van der Waals surface area contributed by atoms with Gasteiger partial charge >= 0.3 is 0 Å². The molecule has 0 aromatic rings. The smallest absolute Gasteiger partial charge is 0.0775 e. The molecule has 2 saturated carbocycles. The molecule has 0 aromatic carbocycles. The molecule has 0 atom stereocenters. The van der Waals surface area contributed by atoms with E-state index in [0.29, 0.717) is 0 Å². The minimum absolute atomic E-state index is 1.06. The first kappa shape index (κ1) is 11.5. The van der Waals surface area contributed by atoms with Gasteiger partial charge in [-0.05, 0) is 11.8 Å². The Morgan fingerprint density at radius 2 is 1.00 bits per heavy atom. The normalized spacial score (nSPS) is 25.3. The summed E-state index contributed by atoms with van der Waals surface area (Å²) in [6.45, 7) is 0. The summed E-state index contributed by atoms with van der Waals surface area (Å²) in [5, 5.41) is 0. The van der Waals surface area contributed by atoms with Crippen molar-refractivity contribution >= 4 is 7.28 Å². The van der Waals surface area contributed by atoms with E-state index >= 15 is 0 Å². The first-order chi connectivity index (χ1) is 7.45. The first-order valence-electron chi connectivity index (χ1n) is 7.27. The monoisotopic (exact) mass is 205 g/mol. The van der Waals surface area contributed by atoms with Crippen LogP contribution < -0.4 is 0 Å². The van der Waals surface area contributed by atoms with Crippen LogP contribution in [-0.2, 0) is 0 Å². The van der Waals surface area contributed by atoms with Gasteiger partial charge in [-0.15, -0.1) is 0 Å². The van der Waals surface area contributed by atoms with E-state index in [4.69, 9.17) is 0 Å². The van der Waals surface area contributed by atoms with Gasteiger partial charge in [-0.2, -0.15) is 0 Å². The Balaban J connectivity index is 1.53. The summed E-state index contributed by atoms with van der Waals surface area (Å²) < 4.78 is 0. The molecule has 0 bridgehead atoms. The fraction of sp³-hybridized carbons (Fsp3) is 1.00. The maximum Gasteiger partial charge on any atom is 0.110 e. The molecule has 0 spiro atoms. The lowest BCUT2D eigenvalue weighted by Gasteiger charge is -2.24. The van der Waals surface area contributed by atoms with Crippen molar-refractivity contribution in [3.05, 3.63) is 0 Å². The predicted molar refractivity (Wildman–Crippen MR) is 68.5 cm³/mol. The van der Waals surface area contributed by atoms with Gasteiger partial charge in [-0.1, -0.05) is 76.8 Å². The first-order valence-corrected chi connectivity index (χ1v) is 7.27. The SMILES string of the molecule is [B](CC1CCCCC1)CC1CCCCC1. The summed E-state index contributed by atoms with van der Waals surface area (Å²) in [6, 6.07) is 0. The van der Waals surface area contributed by atoms with Crippen molar-refractivity contribution in [1.82, 2.24) is 0 Å². The van der Waals surface area contributed by atoms with Crippen LogP contribution in [0.5, 0.6) is 0 Å². The molecule has 2 rings (SSSR count). The van der Waals surface area contributed by atoms with Gasteiger partial charge in [0.05, 0.1) is 0 Å². The third-order valence-electron chi connectivity index (χ3n) is 4.45. The molecule has 2 fully saturated rings. The molecule has 0 aromatic heterocycles. The van der Waals surface area contributed by atoms with Crippen molar-refractivity contribution in [3.8, 4) is 0 Å². The molecule has 0 heterocycles. The van der Waals surface area contributed by atoms with Crippen LogP contribution in [0.25, 0.3) is 0 Å². The van der Waals surface area contributed by atoms with E-state index < -0.39 is 0 Å². The third-order valence-corrected chi connectivity index (χ3v) is 4.45. The molecule has 2 aliphatic carbocycles. The molecular weight excluding hydrogens is 179 g/mol. The molecule has 2 aliphatic rings. The Labute approximate surface area is 96.5 Å². The zero-order valence-electron chi connectivity index (χ0n) is 10.2. The van der Waals surface area contributed by atoms with Gasteiger partial charge in [0, 0.05) is 0 Å². The van der Waals surface area contributed by atoms with Crippen molar-refractivity contribution in [1.29, 1.82) is 0 Å². The second-order valence-electron chi connectivity index (χ2n) is 5.77. The zero-order chi connectivity index (χ0) is 10.3. The topological polar surface area (TPSA) is 0 Å². The summed E-state index contributed by atoms with van der Waals surface area (Å²) in [5.41, 5.74) is 0. The van der Waals surface area contributed by atoms with E-state index in [0.717, 1.165) is 11.8 Å². The fourth-order valence-electron chi connectivity index (χ4n) is 3.41. The molecule has 0 aliphatic heterocycles. The second-order valence-corrected chi connectivity index (χ2v) is 5.77. The molecule has 0 nitrogen and oxygen atoms in total. The van der Waals surface area contributed by atoms with Crippen molar-refractivity contribution in [2.24, 2.45) is 11.8 Å². The molecule has 1 radical (unpaired) electrons. The Kier molecular flexibility index (Phi) is 5.08. The van der Waals surface area contributed by atoms with E-state index in [1.165, 1.54) is 76.8 Å². The van der Waals surface area contributed by atoms with E-state index in [9.17, 15) is 0 Å². The largest absolute Gasteiger partial charge is 0.110 e. The lowest BCUT2D eigenvalue weighted by Crippen LogP contribution is -2.13. The summed E-state index contributed by atoms with van der Waals surface area (Å²) in [5.74, 6) is 2.12. The van der Waals surface area contributed by atoms with E-state index in [2.05, 4.69) is 7.28 Å². The van der Waals surface area contributed by atoms with Crippen LogP contribution in [0.3, 0.4) is 0 Å². The number of hydrogen-bond donors (Lipinski definition) is 0. The van der Waals surface area contributed by atoms with Crippen LogP contribution in [0.1, 0.15) is 64.2 Å². The Morgan fingerprint density at radius 3 is 1.40 bits per heavy atom. The average molecular weight is 205 g/mol. The summed E-state index contributed by atoms with van der Waals surface area (Å²) in [6.07, 6.45) is 17.9. The minimum Gasteiger partial charge on any atom is -0.0775 e. The molecule has 15 heavy (non-hydrogen) atoms. The third kappa shape index (κ3) is 4.21. The quantitative estimate of drug-likeness (QED) is 0.584. The van der Waals surface area contributed by atoms with Crippen molar-refractivity contribution < 1.29 is 0 Å². The van der Waals surface area contributed by atoms with Gasteiger partial charge in [0.15, 0.2) is 0 Å². The van der Waals surface area contributed by atoms with Gasteiger partial charge < -0.3 is 0 Å². The van der Waals surface area contributed by atoms with Crippen LogP contribution in [0.4, 0.5) is 0 Å². The number of hydrogen-bond acceptors (Lipinski definition) is 0. The van der Waals surface area contributed by atoms with Gasteiger partial charge in [0.25, 0.3) is 0 Å². The molecule has 0 N–H and O–H groups in total. The molecule has 1 heteroatoms. The highest BCUT2D eigenvalue weighted by Gasteiger charge is 2.16. The zero-order valence-corrected chi connectivity index (χ0v) is 10.2. The highest BCUT2D eigenvalue weighted by molar-refractivity contribution is 6.35. The molecular formula is C14H26B. The van der Waals surface area contributed by atoms with Gasteiger partial charge in [0.2, 0.25) is 0 Å². The second kappa shape index (κ2) is 6.61. The lowest BCUT2D eigenvalue weighted by molar-refractivity contribution is 0.373. The highest BCUT2D eigenvalue weighted by Crippen LogP contribution is 2.30. The standard InChI is InChI=1S/C14H26B/c1-3-7-13(8-4-1)11-15-12-14-9-5-2-6-10-14/h13-14H,1-12H2. The summed E-state index contributed by atoms with van der Waals surface area (Å²) >= 11 is 0. The Morgan fingerprint density at radius 1 is 0.600 bits per heavy atom. The lowest BCUT2D eigenvalue weighted by atomic mass is 9.60. The number of rotatable bonds is 4. The average Bonchev–Trinajstić information content (AvgIpc) is 2.32. The van der Waals surface area contributed by atoms with Crippen LogP contribution in [0, 0.1) is 11.8 Å². The Bertz CT molecular complexity index is 137. The van der Waals surface area contributed by atoms with Crippen molar-refractivity contribution in [3.63, 3.8) is 0 Å². The molecule has 0 unspecified atom stereocenters. The van der Waals surface area contributed by atoms with Crippen LogP contribution in [-0.4, -0.2) is 7.28 Å². The summed E-state index contributed by atoms with van der Waals surface area (Å²) in [4.78, 5) is 0. The van der Waals surface area contributed by atoms with Crippen molar-refractivity contribution in [2.45, 2.75) is 76.8 Å². The van der Waals surface area contributed by atoms with E-state index in [1.54, 1.807) is 0 Å². The van der Waals surface area contributed by atoms with E-state index in [1.807, 2.05) is 0 Å². The van der Waals surface area contributed by atoms with Crippen LogP contribution in [0.15, 0.2) is 0 Å². The summed E-state index contributed by atoms with van der Waals surface area (Å²) in [7, 11) is 2.63. The maximum atomic E-state index is 2.63. The van der Waals surface area contributed by atoms with Crippen LogP contribution >= 0.6 is 0 Å². The van der Waals surface area contributed by atoms with Gasteiger partial charge in [-0.25, -0.2) is 0 Å². The van der Waals surface area contributed by atoms with Crippen LogP contribution in [0.2, 0.25) is 12.6 Å². The highest BCUT2D eigenvalue weighted by atomic mass is 14.2. The molecule has 0 amide bonds. The maximum absolute atomic E-state index is 2.63. The Hall–Kier alpha value is 0.0649. The fourth-order valence-corrected chi connectivity index (χ4v) is 3.41. The van der Waals surface area contributed by atoms with Crippen molar-refractivity contribution in [2.75, 3.05) is 0 Å². The van der Waals surface area contributed by atoms with E-state index in [-0.39, 0.29) is 0 Å². The minimum atomic E-state index is 1.06.